The lowest BCUT2D eigenvalue weighted by atomic mass is 10.3. The zero-order chi connectivity index (χ0) is 8.55. The maximum Gasteiger partial charge on any atom is 0.153 e. The van der Waals surface area contributed by atoms with Crippen molar-refractivity contribution in [2.24, 2.45) is 0 Å². The molecular weight excluding hydrogens is 194 g/mol. The highest BCUT2D eigenvalue weighted by Gasteiger charge is 2.05. The summed E-state index contributed by atoms with van der Waals surface area (Å²) in [4.78, 5) is 14.5. The first kappa shape index (κ1) is 7.71. The van der Waals surface area contributed by atoms with Crippen LogP contribution in [0, 0.1) is 0 Å². The highest BCUT2D eigenvalue weighted by atomic mass is 35.5. The van der Waals surface area contributed by atoms with E-state index in [1.807, 2.05) is 11.4 Å². The number of halogens is 1. The molecule has 0 fully saturated rings. The molecule has 4 heteroatoms. The molecule has 0 aliphatic heterocycles. The van der Waals surface area contributed by atoms with Crippen LogP contribution in [0.25, 0.3) is 10.2 Å². The molecule has 0 saturated heterocycles. The second-order valence-electron chi connectivity index (χ2n) is 2.28. The van der Waals surface area contributed by atoms with Crippen LogP contribution in [0.15, 0.2) is 17.6 Å². The monoisotopic (exact) mass is 197 g/mol. The van der Waals surface area contributed by atoms with Crippen LogP contribution in [0.4, 0.5) is 0 Å². The van der Waals surface area contributed by atoms with Gasteiger partial charge in [-0.2, -0.15) is 0 Å². The molecule has 0 atom stereocenters. The second kappa shape index (κ2) is 2.84. The lowest BCUT2D eigenvalue weighted by molar-refractivity contribution is 0.112. The van der Waals surface area contributed by atoms with Gasteiger partial charge in [-0.05, 0) is 11.4 Å². The van der Waals surface area contributed by atoms with E-state index in [2.05, 4.69) is 4.98 Å². The SMILES string of the molecule is O=Cc1cnc2ccsc2c1Cl. The minimum atomic E-state index is 0.451. The van der Waals surface area contributed by atoms with Gasteiger partial charge in [0.1, 0.15) is 0 Å². The number of hydrogen-bond acceptors (Lipinski definition) is 3. The summed E-state index contributed by atoms with van der Waals surface area (Å²) in [6, 6.07) is 1.88. The van der Waals surface area contributed by atoms with Crippen molar-refractivity contribution in [3.05, 3.63) is 28.2 Å². The van der Waals surface area contributed by atoms with E-state index in [1.165, 1.54) is 17.5 Å². The van der Waals surface area contributed by atoms with E-state index in [4.69, 9.17) is 11.6 Å². The minimum absolute atomic E-state index is 0.451. The van der Waals surface area contributed by atoms with Crippen molar-refractivity contribution in [2.45, 2.75) is 0 Å². The maximum atomic E-state index is 10.5. The summed E-state index contributed by atoms with van der Waals surface area (Å²) in [6.45, 7) is 0. The van der Waals surface area contributed by atoms with E-state index in [0.717, 1.165) is 10.2 Å². The van der Waals surface area contributed by atoms with Crippen LogP contribution in [0.2, 0.25) is 5.02 Å². The summed E-state index contributed by atoms with van der Waals surface area (Å²) in [5.74, 6) is 0. The topological polar surface area (TPSA) is 30.0 Å². The second-order valence-corrected chi connectivity index (χ2v) is 3.57. The summed E-state index contributed by atoms with van der Waals surface area (Å²) in [5, 5.41) is 2.41. The van der Waals surface area contributed by atoms with Gasteiger partial charge in [0.15, 0.2) is 6.29 Å². The van der Waals surface area contributed by atoms with Crippen LogP contribution in [-0.2, 0) is 0 Å². The first-order chi connectivity index (χ1) is 5.83. The Morgan fingerprint density at radius 3 is 3.17 bits per heavy atom. The molecule has 0 amide bonds. The van der Waals surface area contributed by atoms with Crippen molar-refractivity contribution in [3.8, 4) is 0 Å². The van der Waals surface area contributed by atoms with E-state index in [0.29, 0.717) is 16.9 Å². The van der Waals surface area contributed by atoms with Crippen LogP contribution >= 0.6 is 22.9 Å². The van der Waals surface area contributed by atoms with Crippen LogP contribution in [-0.4, -0.2) is 11.3 Å². The van der Waals surface area contributed by atoms with Gasteiger partial charge in [0, 0.05) is 6.20 Å². The normalized spacial score (nSPS) is 10.4. The molecular formula is C8H4ClNOS. The van der Waals surface area contributed by atoms with Crippen molar-refractivity contribution in [1.29, 1.82) is 0 Å². The Balaban J connectivity index is 2.86. The fourth-order valence-electron chi connectivity index (χ4n) is 0.977. The Morgan fingerprint density at radius 1 is 1.58 bits per heavy atom. The molecule has 12 heavy (non-hydrogen) atoms. The number of aldehydes is 1. The lowest BCUT2D eigenvalue weighted by Crippen LogP contribution is -1.83. The van der Waals surface area contributed by atoms with E-state index in [1.54, 1.807) is 0 Å². The maximum absolute atomic E-state index is 10.5. The van der Waals surface area contributed by atoms with E-state index in [9.17, 15) is 4.79 Å². The van der Waals surface area contributed by atoms with Crippen molar-refractivity contribution < 1.29 is 4.79 Å². The average Bonchev–Trinajstić information content (AvgIpc) is 2.53. The number of aromatic nitrogens is 1. The van der Waals surface area contributed by atoms with Crippen LogP contribution in [0.1, 0.15) is 10.4 Å². The predicted octanol–water partition coefficient (Wildman–Crippen LogP) is 2.76. The summed E-state index contributed by atoms with van der Waals surface area (Å²) >= 11 is 7.41. The zero-order valence-electron chi connectivity index (χ0n) is 5.95. The molecule has 0 saturated carbocycles. The number of nitrogens with zero attached hydrogens (tertiary/aromatic N) is 1. The standard InChI is InChI=1S/C8H4ClNOS/c9-7-5(4-11)3-10-6-1-2-12-8(6)7/h1-4H. The van der Waals surface area contributed by atoms with Gasteiger partial charge in [0.25, 0.3) is 0 Å². The molecule has 2 rings (SSSR count). The third-order valence-corrected chi connectivity index (χ3v) is 3.01. The fraction of sp³-hybridized carbons (Fsp3) is 0. The Hall–Kier alpha value is -0.930. The fourth-order valence-corrected chi connectivity index (χ4v) is 2.10. The molecule has 2 nitrogen and oxygen atoms in total. The van der Waals surface area contributed by atoms with Gasteiger partial charge < -0.3 is 0 Å². The summed E-state index contributed by atoms with van der Waals surface area (Å²) in [5.41, 5.74) is 1.29. The van der Waals surface area contributed by atoms with Crippen molar-refractivity contribution in [3.63, 3.8) is 0 Å². The minimum Gasteiger partial charge on any atom is -0.298 e. The number of carbonyl (C=O) groups excluding carboxylic acids is 1. The summed E-state index contributed by atoms with van der Waals surface area (Å²) in [7, 11) is 0. The largest absolute Gasteiger partial charge is 0.298 e. The predicted molar refractivity (Wildman–Crippen MR) is 50.0 cm³/mol. The number of thiophene rings is 1. The Kier molecular flexibility index (Phi) is 1.83. The van der Waals surface area contributed by atoms with Gasteiger partial charge in [-0.25, -0.2) is 0 Å². The molecule has 0 unspecified atom stereocenters. The molecule has 2 aromatic heterocycles. The van der Waals surface area contributed by atoms with E-state index in [-0.39, 0.29) is 0 Å². The molecule has 0 aromatic carbocycles. The Bertz CT molecular complexity index is 438. The highest BCUT2D eigenvalue weighted by Crippen LogP contribution is 2.28. The number of fused-ring (bicyclic) bond motifs is 1. The molecule has 0 bridgehead atoms. The van der Waals surface area contributed by atoms with Crippen molar-refractivity contribution >= 4 is 39.4 Å². The number of pyridine rings is 1. The van der Waals surface area contributed by atoms with Gasteiger partial charge in [0.05, 0.1) is 20.8 Å². The number of carbonyl (C=O) groups is 1. The zero-order valence-corrected chi connectivity index (χ0v) is 7.52. The first-order valence-electron chi connectivity index (χ1n) is 3.30. The summed E-state index contributed by atoms with van der Waals surface area (Å²) in [6.07, 6.45) is 2.21. The van der Waals surface area contributed by atoms with E-state index < -0.39 is 0 Å². The highest BCUT2D eigenvalue weighted by molar-refractivity contribution is 7.17. The molecule has 2 aromatic rings. The average molecular weight is 198 g/mol. The molecule has 60 valence electrons. The molecule has 0 N–H and O–H groups in total. The van der Waals surface area contributed by atoms with Gasteiger partial charge in [-0.15, -0.1) is 11.3 Å². The molecule has 2 heterocycles. The quantitative estimate of drug-likeness (QED) is 0.658. The lowest BCUT2D eigenvalue weighted by Gasteiger charge is -1.95. The summed E-state index contributed by atoms with van der Waals surface area (Å²) < 4.78 is 0.876. The third kappa shape index (κ3) is 1.02. The molecule has 0 aliphatic rings. The van der Waals surface area contributed by atoms with Crippen molar-refractivity contribution in [2.75, 3.05) is 0 Å². The number of hydrogen-bond donors (Lipinski definition) is 0. The van der Waals surface area contributed by atoms with Gasteiger partial charge >= 0.3 is 0 Å². The smallest absolute Gasteiger partial charge is 0.153 e. The molecule has 0 spiro atoms. The van der Waals surface area contributed by atoms with Crippen molar-refractivity contribution in [1.82, 2.24) is 4.98 Å². The molecule has 0 radical (unpaired) electrons. The van der Waals surface area contributed by atoms with Gasteiger partial charge in [-0.3, -0.25) is 9.78 Å². The van der Waals surface area contributed by atoms with Crippen LogP contribution in [0.5, 0.6) is 0 Å². The van der Waals surface area contributed by atoms with E-state index >= 15 is 0 Å². The van der Waals surface area contributed by atoms with Gasteiger partial charge in [0.2, 0.25) is 0 Å². The van der Waals surface area contributed by atoms with Crippen LogP contribution < -0.4 is 0 Å². The Morgan fingerprint density at radius 2 is 2.42 bits per heavy atom. The Labute approximate surface area is 77.8 Å². The molecule has 0 aliphatic carbocycles. The van der Waals surface area contributed by atoms with Gasteiger partial charge in [-0.1, -0.05) is 11.6 Å². The third-order valence-electron chi connectivity index (χ3n) is 1.57. The first-order valence-corrected chi connectivity index (χ1v) is 4.55. The number of rotatable bonds is 1. The van der Waals surface area contributed by atoms with Crippen LogP contribution in [0.3, 0.4) is 0 Å².